The van der Waals surface area contributed by atoms with Crippen molar-refractivity contribution in [1.82, 2.24) is 5.32 Å². The van der Waals surface area contributed by atoms with Gasteiger partial charge >= 0.3 is 0 Å². The fraction of sp³-hybridized carbons (Fsp3) is 0.667. The topological polar surface area (TPSA) is 21.3 Å². The first kappa shape index (κ1) is 17.2. The van der Waals surface area contributed by atoms with Crippen LogP contribution in [0.15, 0.2) is 30.3 Å². The summed E-state index contributed by atoms with van der Waals surface area (Å²) in [7, 11) is 0. The van der Waals surface area contributed by atoms with E-state index in [4.69, 9.17) is 4.74 Å². The van der Waals surface area contributed by atoms with E-state index in [0.29, 0.717) is 0 Å². The predicted molar refractivity (Wildman–Crippen MR) is 87.0 cm³/mol. The van der Waals surface area contributed by atoms with Crippen LogP contribution in [0.2, 0.25) is 0 Å². The zero-order valence-electron chi connectivity index (χ0n) is 13.4. The Hall–Kier alpha value is -0.860. The third kappa shape index (κ3) is 6.53. The molecule has 2 nitrogen and oxygen atoms in total. The van der Waals surface area contributed by atoms with E-state index in [1.165, 1.54) is 37.7 Å². The van der Waals surface area contributed by atoms with Gasteiger partial charge in [0.25, 0.3) is 0 Å². The highest BCUT2D eigenvalue weighted by Crippen LogP contribution is 2.19. The van der Waals surface area contributed by atoms with Crippen molar-refractivity contribution in [2.75, 3.05) is 13.2 Å². The number of likely N-dealkylation sites (N-methyl/N-ethyl adjacent to an activating group) is 1. The molecule has 0 saturated heterocycles. The smallest absolute Gasteiger partial charge is 0.0741 e. The molecule has 1 N–H and O–H groups in total. The molecule has 0 amide bonds. The third-order valence-corrected chi connectivity index (χ3v) is 3.68. The first-order valence-electron chi connectivity index (χ1n) is 8.19. The molecule has 2 unspecified atom stereocenters. The van der Waals surface area contributed by atoms with Gasteiger partial charge in [0.2, 0.25) is 0 Å². The first-order valence-corrected chi connectivity index (χ1v) is 8.19. The maximum Gasteiger partial charge on any atom is 0.0741 e. The van der Waals surface area contributed by atoms with Crippen molar-refractivity contribution in [3.05, 3.63) is 35.9 Å². The van der Waals surface area contributed by atoms with Gasteiger partial charge in [-0.3, -0.25) is 0 Å². The molecular formula is C18H31NO. The van der Waals surface area contributed by atoms with E-state index in [1.54, 1.807) is 0 Å². The summed E-state index contributed by atoms with van der Waals surface area (Å²) in [6, 6.07) is 10.9. The summed E-state index contributed by atoms with van der Waals surface area (Å²) in [5, 5.41) is 3.53. The van der Waals surface area contributed by atoms with Crippen LogP contribution in [0.3, 0.4) is 0 Å². The minimum Gasteiger partial charge on any atom is -0.377 e. The van der Waals surface area contributed by atoms with Crippen molar-refractivity contribution in [3.8, 4) is 0 Å². The Labute approximate surface area is 124 Å². The van der Waals surface area contributed by atoms with Crippen molar-refractivity contribution < 1.29 is 4.74 Å². The van der Waals surface area contributed by atoms with Crippen LogP contribution >= 0.6 is 0 Å². The summed E-state index contributed by atoms with van der Waals surface area (Å²) < 4.78 is 6.03. The first-order chi connectivity index (χ1) is 9.79. The summed E-state index contributed by atoms with van der Waals surface area (Å²) in [5.41, 5.74) is 1.31. The Kier molecular flexibility index (Phi) is 9.35. The Morgan fingerprint density at radius 2 is 1.70 bits per heavy atom. The lowest BCUT2D eigenvalue weighted by atomic mass is 10.0. The number of rotatable bonds is 11. The second-order valence-electron chi connectivity index (χ2n) is 5.44. The lowest BCUT2D eigenvalue weighted by molar-refractivity contribution is 0.0364. The van der Waals surface area contributed by atoms with Crippen LogP contribution < -0.4 is 5.32 Å². The minimum atomic E-state index is 0.212. The summed E-state index contributed by atoms with van der Waals surface area (Å²) in [6.45, 7) is 8.41. The number of unbranched alkanes of at least 4 members (excludes halogenated alkanes) is 4. The molecule has 0 aliphatic carbocycles. The van der Waals surface area contributed by atoms with E-state index in [0.717, 1.165) is 13.2 Å². The van der Waals surface area contributed by atoms with Crippen LogP contribution in [0.1, 0.15) is 64.5 Å². The largest absolute Gasteiger partial charge is 0.377 e. The Balaban J connectivity index is 2.35. The molecule has 0 heterocycles. The molecule has 1 aromatic rings. The van der Waals surface area contributed by atoms with Crippen molar-refractivity contribution in [2.24, 2.45) is 0 Å². The van der Waals surface area contributed by atoms with E-state index in [2.05, 4.69) is 56.4 Å². The van der Waals surface area contributed by atoms with Crippen molar-refractivity contribution >= 4 is 0 Å². The summed E-state index contributed by atoms with van der Waals surface area (Å²) in [4.78, 5) is 0. The van der Waals surface area contributed by atoms with E-state index < -0.39 is 0 Å². The number of hydrogen-bond acceptors (Lipinski definition) is 2. The van der Waals surface area contributed by atoms with Crippen LogP contribution in [0.25, 0.3) is 0 Å². The third-order valence-electron chi connectivity index (χ3n) is 3.68. The molecule has 0 aliphatic rings. The highest BCUT2D eigenvalue weighted by Gasteiger charge is 2.18. The molecule has 0 saturated carbocycles. The van der Waals surface area contributed by atoms with E-state index in [1.807, 2.05) is 0 Å². The van der Waals surface area contributed by atoms with E-state index >= 15 is 0 Å². The Bertz CT molecular complexity index is 325. The number of hydrogen-bond donors (Lipinski definition) is 1. The molecule has 0 spiro atoms. The standard InChI is InChI=1S/C18H31NO/c1-4-6-7-8-12-15-20-16(3)18(19-5-2)17-13-10-9-11-14-17/h9-11,13-14,16,18-19H,4-8,12,15H2,1-3H3. The van der Waals surface area contributed by atoms with Gasteiger partial charge in [0.05, 0.1) is 12.1 Å². The van der Waals surface area contributed by atoms with Gasteiger partial charge in [-0.25, -0.2) is 0 Å². The van der Waals surface area contributed by atoms with E-state index in [-0.39, 0.29) is 12.1 Å². The molecule has 1 aromatic carbocycles. The van der Waals surface area contributed by atoms with Crippen molar-refractivity contribution in [2.45, 2.75) is 65.0 Å². The van der Waals surface area contributed by atoms with Gasteiger partial charge in [-0.2, -0.15) is 0 Å². The second-order valence-corrected chi connectivity index (χ2v) is 5.44. The summed E-state index contributed by atoms with van der Waals surface area (Å²) in [5.74, 6) is 0. The molecule has 0 aromatic heterocycles. The van der Waals surface area contributed by atoms with Crippen LogP contribution in [0, 0.1) is 0 Å². The normalized spacial score (nSPS) is 14.2. The highest BCUT2D eigenvalue weighted by molar-refractivity contribution is 5.19. The zero-order valence-corrected chi connectivity index (χ0v) is 13.4. The second kappa shape index (κ2) is 10.9. The number of ether oxygens (including phenoxy) is 1. The maximum atomic E-state index is 6.03. The summed E-state index contributed by atoms with van der Waals surface area (Å²) >= 11 is 0. The molecule has 114 valence electrons. The van der Waals surface area contributed by atoms with Gasteiger partial charge in [-0.1, -0.05) is 69.9 Å². The minimum absolute atomic E-state index is 0.212. The fourth-order valence-electron chi connectivity index (χ4n) is 2.51. The van der Waals surface area contributed by atoms with Gasteiger partial charge in [0, 0.05) is 6.61 Å². The van der Waals surface area contributed by atoms with Crippen LogP contribution in [-0.2, 0) is 4.74 Å². The van der Waals surface area contributed by atoms with Crippen LogP contribution in [0.5, 0.6) is 0 Å². The number of benzene rings is 1. The number of nitrogens with one attached hydrogen (secondary N) is 1. The predicted octanol–water partition coefficient (Wildman–Crippen LogP) is 4.71. The Morgan fingerprint density at radius 1 is 1.00 bits per heavy atom. The van der Waals surface area contributed by atoms with Gasteiger partial charge < -0.3 is 10.1 Å². The molecule has 0 bridgehead atoms. The average Bonchev–Trinajstić information content (AvgIpc) is 2.49. The highest BCUT2D eigenvalue weighted by atomic mass is 16.5. The zero-order chi connectivity index (χ0) is 14.6. The fourth-order valence-corrected chi connectivity index (χ4v) is 2.51. The van der Waals surface area contributed by atoms with Crippen molar-refractivity contribution in [1.29, 1.82) is 0 Å². The molecule has 0 radical (unpaired) electrons. The van der Waals surface area contributed by atoms with Crippen LogP contribution in [-0.4, -0.2) is 19.3 Å². The van der Waals surface area contributed by atoms with Gasteiger partial charge in [0.15, 0.2) is 0 Å². The molecule has 0 fully saturated rings. The SMILES string of the molecule is CCCCCCCOC(C)C(NCC)c1ccccc1. The van der Waals surface area contributed by atoms with Gasteiger partial charge in [-0.05, 0) is 25.5 Å². The summed E-state index contributed by atoms with van der Waals surface area (Å²) in [6.07, 6.45) is 6.66. The molecule has 0 aliphatic heterocycles. The quantitative estimate of drug-likeness (QED) is 0.591. The van der Waals surface area contributed by atoms with Crippen LogP contribution in [0.4, 0.5) is 0 Å². The maximum absolute atomic E-state index is 6.03. The molecule has 2 heteroatoms. The lowest BCUT2D eigenvalue weighted by Crippen LogP contribution is -2.32. The average molecular weight is 277 g/mol. The molecular weight excluding hydrogens is 246 g/mol. The van der Waals surface area contributed by atoms with Crippen molar-refractivity contribution in [3.63, 3.8) is 0 Å². The Morgan fingerprint density at radius 3 is 2.35 bits per heavy atom. The lowest BCUT2D eigenvalue weighted by Gasteiger charge is -2.25. The van der Waals surface area contributed by atoms with Gasteiger partial charge in [-0.15, -0.1) is 0 Å². The molecule has 1 rings (SSSR count). The molecule has 2 atom stereocenters. The monoisotopic (exact) mass is 277 g/mol. The van der Waals surface area contributed by atoms with E-state index in [9.17, 15) is 0 Å². The van der Waals surface area contributed by atoms with Gasteiger partial charge in [0.1, 0.15) is 0 Å². The molecule has 20 heavy (non-hydrogen) atoms.